The average Bonchev–Trinajstić information content (AvgIpc) is 2.49. The number of hydrogen-bond acceptors (Lipinski definition) is 3. The Morgan fingerprint density at radius 1 is 1.69 bits per heavy atom. The van der Waals surface area contributed by atoms with E-state index in [1.54, 1.807) is 6.33 Å². The van der Waals surface area contributed by atoms with E-state index >= 15 is 0 Å². The molecule has 2 atom stereocenters. The monoisotopic (exact) mass is 181 g/mol. The molecule has 2 N–H and O–H groups in total. The fourth-order valence-corrected chi connectivity index (χ4v) is 1.51. The van der Waals surface area contributed by atoms with Gasteiger partial charge in [-0.2, -0.15) is 0 Å². The number of aliphatic hydroxyl groups is 1. The third-order valence-electron chi connectivity index (χ3n) is 2.54. The molecular weight excluding hydrogens is 166 g/mol. The Labute approximate surface area is 77.6 Å². The number of aromatic nitrogens is 2. The topological polar surface area (TPSA) is 50.1 Å². The van der Waals surface area contributed by atoms with Crippen LogP contribution in [-0.2, 0) is 13.6 Å². The van der Waals surface area contributed by atoms with Crippen LogP contribution in [0.15, 0.2) is 12.5 Å². The van der Waals surface area contributed by atoms with Crippen molar-refractivity contribution in [1.29, 1.82) is 0 Å². The van der Waals surface area contributed by atoms with Gasteiger partial charge in [0.05, 0.1) is 18.1 Å². The molecule has 0 radical (unpaired) electrons. The zero-order valence-electron chi connectivity index (χ0n) is 7.77. The van der Waals surface area contributed by atoms with Crippen LogP contribution in [0.3, 0.4) is 0 Å². The van der Waals surface area contributed by atoms with Crippen LogP contribution < -0.4 is 5.32 Å². The molecule has 1 saturated carbocycles. The maximum Gasteiger partial charge on any atom is 0.0947 e. The first-order valence-corrected chi connectivity index (χ1v) is 4.64. The molecule has 0 spiro atoms. The highest BCUT2D eigenvalue weighted by Crippen LogP contribution is 2.19. The standard InChI is InChI=1S/C9H15N3O/c1-12-5-7(11-6-12)4-10-8-2-3-9(8)13/h5-6,8-10,13H,2-4H2,1H3/t8-,9-/m1/s1. The number of nitrogens with one attached hydrogen (secondary N) is 1. The lowest BCUT2D eigenvalue weighted by molar-refractivity contribution is 0.0491. The lowest BCUT2D eigenvalue weighted by atomic mass is 9.89. The van der Waals surface area contributed by atoms with Crippen molar-refractivity contribution >= 4 is 0 Å². The van der Waals surface area contributed by atoms with E-state index in [2.05, 4.69) is 10.3 Å². The van der Waals surface area contributed by atoms with Crippen LogP contribution in [0.4, 0.5) is 0 Å². The van der Waals surface area contributed by atoms with E-state index < -0.39 is 0 Å². The number of nitrogens with zero attached hydrogens (tertiary/aromatic N) is 2. The fraction of sp³-hybridized carbons (Fsp3) is 0.667. The van der Waals surface area contributed by atoms with Gasteiger partial charge >= 0.3 is 0 Å². The van der Waals surface area contributed by atoms with Crippen molar-refractivity contribution in [2.24, 2.45) is 7.05 Å². The first-order chi connectivity index (χ1) is 6.25. The lowest BCUT2D eigenvalue weighted by Gasteiger charge is -2.32. The maximum absolute atomic E-state index is 9.30. The Balaban J connectivity index is 1.79. The molecular formula is C9H15N3O. The van der Waals surface area contributed by atoms with Gasteiger partial charge in [0.15, 0.2) is 0 Å². The Hall–Kier alpha value is -0.870. The normalized spacial score (nSPS) is 27.2. The van der Waals surface area contributed by atoms with E-state index in [0.29, 0.717) is 0 Å². The van der Waals surface area contributed by atoms with E-state index in [0.717, 1.165) is 25.1 Å². The average molecular weight is 181 g/mol. The second-order valence-corrected chi connectivity index (χ2v) is 3.66. The number of aryl methyl sites for hydroxylation is 1. The molecule has 1 aliphatic rings. The molecule has 4 nitrogen and oxygen atoms in total. The smallest absolute Gasteiger partial charge is 0.0947 e. The van der Waals surface area contributed by atoms with Gasteiger partial charge in [-0.15, -0.1) is 0 Å². The summed E-state index contributed by atoms with van der Waals surface area (Å²) >= 11 is 0. The van der Waals surface area contributed by atoms with Crippen LogP contribution in [0.1, 0.15) is 18.5 Å². The minimum absolute atomic E-state index is 0.149. The summed E-state index contributed by atoms with van der Waals surface area (Å²) in [6.07, 6.45) is 5.63. The van der Waals surface area contributed by atoms with Crippen molar-refractivity contribution in [3.63, 3.8) is 0 Å². The molecule has 1 fully saturated rings. The molecule has 0 amide bonds. The minimum Gasteiger partial charge on any atom is -0.392 e. The number of rotatable bonds is 3. The molecule has 72 valence electrons. The Bertz CT molecular complexity index is 284. The highest BCUT2D eigenvalue weighted by Gasteiger charge is 2.27. The van der Waals surface area contributed by atoms with Gasteiger partial charge in [0.1, 0.15) is 0 Å². The summed E-state index contributed by atoms with van der Waals surface area (Å²) in [6.45, 7) is 0.753. The van der Waals surface area contributed by atoms with E-state index in [4.69, 9.17) is 0 Å². The zero-order valence-corrected chi connectivity index (χ0v) is 7.77. The largest absolute Gasteiger partial charge is 0.392 e. The van der Waals surface area contributed by atoms with Crippen LogP contribution >= 0.6 is 0 Å². The molecule has 13 heavy (non-hydrogen) atoms. The van der Waals surface area contributed by atoms with Crippen molar-refractivity contribution in [3.05, 3.63) is 18.2 Å². The van der Waals surface area contributed by atoms with Gasteiger partial charge in [0.2, 0.25) is 0 Å². The van der Waals surface area contributed by atoms with Crippen LogP contribution in [0, 0.1) is 0 Å². The van der Waals surface area contributed by atoms with Crippen molar-refractivity contribution < 1.29 is 5.11 Å². The first-order valence-electron chi connectivity index (χ1n) is 4.64. The van der Waals surface area contributed by atoms with Crippen molar-refractivity contribution in [1.82, 2.24) is 14.9 Å². The summed E-state index contributed by atoms with van der Waals surface area (Å²) in [7, 11) is 1.95. The highest BCUT2D eigenvalue weighted by molar-refractivity contribution is 4.97. The minimum atomic E-state index is -0.149. The number of hydrogen-bond donors (Lipinski definition) is 2. The van der Waals surface area contributed by atoms with Gasteiger partial charge in [0, 0.05) is 25.8 Å². The highest BCUT2D eigenvalue weighted by atomic mass is 16.3. The lowest BCUT2D eigenvalue weighted by Crippen LogP contribution is -2.47. The van der Waals surface area contributed by atoms with Gasteiger partial charge in [-0.05, 0) is 12.8 Å². The molecule has 0 aliphatic heterocycles. The van der Waals surface area contributed by atoms with E-state index in [9.17, 15) is 5.11 Å². The number of imidazole rings is 1. The predicted molar refractivity (Wildman–Crippen MR) is 49.1 cm³/mol. The SMILES string of the molecule is Cn1cnc(CN[C@@H]2CC[C@H]2O)c1. The fourth-order valence-electron chi connectivity index (χ4n) is 1.51. The Morgan fingerprint density at radius 3 is 3.00 bits per heavy atom. The summed E-state index contributed by atoms with van der Waals surface area (Å²) in [4.78, 5) is 4.19. The molecule has 1 aromatic heterocycles. The van der Waals surface area contributed by atoms with Crippen molar-refractivity contribution in [2.75, 3.05) is 0 Å². The summed E-state index contributed by atoms with van der Waals surface area (Å²) in [5.74, 6) is 0. The maximum atomic E-state index is 9.30. The van der Waals surface area contributed by atoms with Gasteiger partial charge in [0.25, 0.3) is 0 Å². The molecule has 0 aromatic carbocycles. The quantitative estimate of drug-likeness (QED) is 0.692. The van der Waals surface area contributed by atoms with Crippen molar-refractivity contribution in [2.45, 2.75) is 31.5 Å². The molecule has 0 unspecified atom stereocenters. The van der Waals surface area contributed by atoms with E-state index in [1.807, 2.05) is 17.8 Å². The second-order valence-electron chi connectivity index (χ2n) is 3.66. The van der Waals surface area contributed by atoms with Crippen LogP contribution in [0.25, 0.3) is 0 Å². The van der Waals surface area contributed by atoms with Crippen LogP contribution in [0.5, 0.6) is 0 Å². The molecule has 0 saturated heterocycles. The molecule has 0 bridgehead atoms. The predicted octanol–water partition coefficient (Wildman–Crippen LogP) is 0.0330. The third-order valence-corrected chi connectivity index (χ3v) is 2.54. The van der Waals surface area contributed by atoms with Gasteiger partial charge in [-0.3, -0.25) is 0 Å². The van der Waals surface area contributed by atoms with Gasteiger partial charge in [-0.1, -0.05) is 0 Å². The van der Waals surface area contributed by atoms with Gasteiger partial charge in [-0.25, -0.2) is 4.98 Å². The molecule has 4 heteroatoms. The molecule has 2 rings (SSSR count). The molecule has 1 heterocycles. The zero-order chi connectivity index (χ0) is 9.26. The summed E-state index contributed by atoms with van der Waals surface area (Å²) in [6, 6.07) is 0.280. The molecule has 1 aromatic rings. The molecule has 1 aliphatic carbocycles. The van der Waals surface area contributed by atoms with Crippen molar-refractivity contribution in [3.8, 4) is 0 Å². The Morgan fingerprint density at radius 2 is 2.54 bits per heavy atom. The number of aliphatic hydroxyl groups excluding tert-OH is 1. The van der Waals surface area contributed by atoms with E-state index in [-0.39, 0.29) is 12.1 Å². The van der Waals surface area contributed by atoms with E-state index in [1.165, 1.54) is 0 Å². The third kappa shape index (κ3) is 1.89. The van der Waals surface area contributed by atoms with Gasteiger partial charge < -0.3 is 15.0 Å². The van der Waals surface area contributed by atoms with Crippen LogP contribution in [0.2, 0.25) is 0 Å². The summed E-state index contributed by atoms with van der Waals surface area (Å²) < 4.78 is 1.92. The van der Waals surface area contributed by atoms with Crippen LogP contribution in [-0.4, -0.2) is 26.8 Å². The second kappa shape index (κ2) is 3.47. The summed E-state index contributed by atoms with van der Waals surface area (Å²) in [5.41, 5.74) is 1.03. The first kappa shape index (κ1) is 8.72. The Kier molecular flexibility index (Phi) is 2.33. The summed E-state index contributed by atoms with van der Waals surface area (Å²) in [5, 5.41) is 12.6.